The SMILES string of the molecule is COC(=O)CN(Cc1ccc(OC)cc1OC)C(=O)CCl. The van der Waals surface area contributed by atoms with E-state index in [4.69, 9.17) is 21.1 Å². The van der Waals surface area contributed by atoms with E-state index in [0.29, 0.717) is 11.5 Å². The van der Waals surface area contributed by atoms with E-state index in [1.807, 2.05) is 0 Å². The normalized spacial score (nSPS) is 9.90. The second-order valence-corrected chi connectivity index (χ2v) is 4.40. The summed E-state index contributed by atoms with van der Waals surface area (Å²) in [5.41, 5.74) is 0.737. The maximum Gasteiger partial charge on any atom is 0.325 e. The van der Waals surface area contributed by atoms with E-state index in [1.54, 1.807) is 25.3 Å². The predicted molar refractivity (Wildman–Crippen MR) is 77.7 cm³/mol. The monoisotopic (exact) mass is 315 g/mol. The summed E-state index contributed by atoms with van der Waals surface area (Å²) in [5.74, 6) is 0.112. The zero-order valence-corrected chi connectivity index (χ0v) is 13.0. The van der Waals surface area contributed by atoms with Crippen molar-refractivity contribution in [3.8, 4) is 11.5 Å². The third-order valence-corrected chi connectivity index (χ3v) is 3.10. The molecule has 6 nitrogen and oxygen atoms in total. The van der Waals surface area contributed by atoms with Gasteiger partial charge in [-0.2, -0.15) is 0 Å². The maximum atomic E-state index is 11.8. The van der Waals surface area contributed by atoms with Gasteiger partial charge in [-0.25, -0.2) is 0 Å². The first-order valence-corrected chi connectivity index (χ1v) is 6.70. The van der Waals surface area contributed by atoms with Crippen LogP contribution < -0.4 is 9.47 Å². The molecule has 0 bridgehead atoms. The fourth-order valence-electron chi connectivity index (χ4n) is 1.73. The van der Waals surface area contributed by atoms with Crippen molar-refractivity contribution in [2.45, 2.75) is 6.54 Å². The molecule has 1 aromatic carbocycles. The van der Waals surface area contributed by atoms with Crippen molar-refractivity contribution < 1.29 is 23.8 Å². The Bertz CT molecular complexity index is 506. The molecule has 1 amide bonds. The Morgan fingerprint density at radius 3 is 2.43 bits per heavy atom. The van der Waals surface area contributed by atoms with Crippen LogP contribution in [0.3, 0.4) is 0 Å². The van der Waals surface area contributed by atoms with Crippen LogP contribution in [0.15, 0.2) is 18.2 Å². The molecule has 21 heavy (non-hydrogen) atoms. The number of hydrogen-bond donors (Lipinski definition) is 0. The quantitative estimate of drug-likeness (QED) is 0.563. The summed E-state index contributed by atoms with van der Waals surface area (Å²) in [5, 5.41) is 0. The molecule has 0 aliphatic carbocycles. The minimum atomic E-state index is -0.513. The van der Waals surface area contributed by atoms with Crippen LogP contribution in [0.1, 0.15) is 5.56 Å². The molecule has 1 rings (SSSR count). The van der Waals surface area contributed by atoms with E-state index in [-0.39, 0.29) is 24.9 Å². The number of carbonyl (C=O) groups is 2. The number of methoxy groups -OCH3 is 3. The summed E-state index contributed by atoms with van der Waals surface area (Å²) in [4.78, 5) is 24.5. The molecule has 0 heterocycles. The summed E-state index contributed by atoms with van der Waals surface area (Å²) in [6, 6.07) is 5.22. The average Bonchev–Trinajstić information content (AvgIpc) is 2.53. The third kappa shape index (κ3) is 4.82. The first kappa shape index (κ1) is 17.1. The van der Waals surface area contributed by atoms with E-state index in [1.165, 1.54) is 19.1 Å². The van der Waals surface area contributed by atoms with Gasteiger partial charge in [0.05, 0.1) is 21.3 Å². The van der Waals surface area contributed by atoms with Crippen LogP contribution in [0.25, 0.3) is 0 Å². The van der Waals surface area contributed by atoms with Crippen molar-refractivity contribution >= 4 is 23.5 Å². The molecule has 0 saturated heterocycles. The van der Waals surface area contributed by atoms with Crippen LogP contribution in [-0.4, -0.2) is 50.5 Å². The van der Waals surface area contributed by atoms with E-state index in [0.717, 1.165) is 5.56 Å². The summed E-state index contributed by atoms with van der Waals surface area (Å²) >= 11 is 5.57. The molecule has 7 heteroatoms. The van der Waals surface area contributed by atoms with Crippen LogP contribution in [-0.2, 0) is 20.9 Å². The molecular weight excluding hydrogens is 298 g/mol. The number of alkyl halides is 1. The highest BCUT2D eigenvalue weighted by Gasteiger charge is 2.19. The van der Waals surface area contributed by atoms with E-state index < -0.39 is 5.97 Å². The van der Waals surface area contributed by atoms with Crippen molar-refractivity contribution in [1.82, 2.24) is 4.90 Å². The Hall–Kier alpha value is -1.95. The molecule has 116 valence electrons. The van der Waals surface area contributed by atoms with Crippen LogP contribution in [0, 0.1) is 0 Å². The van der Waals surface area contributed by atoms with Gasteiger partial charge in [0, 0.05) is 18.2 Å². The summed E-state index contributed by atoms with van der Waals surface area (Å²) < 4.78 is 15.0. The molecule has 1 aromatic rings. The third-order valence-electron chi connectivity index (χ3n) is 2.87. The largest absolute Gasteiger partial charge is 0.497 e. The van der Waals surface area contributed by atoms with Crippen molar-refractivity contribution in [3.05, 3.63) is 23.8 Å². The molecule has 0 aliphatic rings. The highest BCUT2D eigenvalue weighted by atomic mass is 35.5. The topological polar surface area (TPSA) is 65.1 Å². The van der Waals surface area contributed by atoms with Crippen LogP contribution in [0.4, 0.5) is 0 Å². The van der Waals surface area contributed by atoms with Crippen LogP contribution >= 0.6 is 11.6 Å². The lowest BCUT2D eigenvalue weighted by molar-refractivity contribution is -0.146. The van der Waals surface area contributed by atoms with Gasteiger partial charge in [-0.15, -0.1) is 11.6 Å². The lowest BCUT2D eigenvalue weighted by Gasteiger charge is -2.22. The van der Waals surface area contributed by atoms with E-state index in [2.05, 4.69) is 4.74 Å². The fourth-order valence-corrected chi connectivity index (χ4v) is 1.89. The zero-order chi connectivity index (χ0) is 15.8. The summed E-state index contributed by atoms with van der Waals surface area (Å²) in [6.45, 7) is 0.0189. The van der Waals surface area contributed by atoms with Crippen LogP contribution in [0.5, 0.6) is 11.5 Å². The molecular formula is C14H18ClNO5. The van der Waals surface area contributed by atoms with Gasteiger partial charge >= 0.3 is 5.97 Å². The molecule has 0 fully saturated rings. The first-order valence-electron chi connectivity index (χ1n) is 6.17. The van der Waals surface area contributed by atoms with Crippen molar-refractivity contribution in [2.24, 2.45) is 0 Å². The number of ether oxygens (including phenoxy) is 3. The number of nitrogens with zero attached hydrogens (tertiary/aromatic N) is 1. The highest BCUT2D eigenvalue weighted by molar-refractivity contribution is 6.27. The number of halogens is 1. The number of esters is 1. The van der Waals surface area contributed by atoms with Gasteiger partial charge in [0.25, 0.3) is 0 Å². The molecule has 0 unspecified atom stereocenters. The van der Waals surface area contributed by atoms with Gasteiger partial charge in [-0.05, 0) is 12.1 Å². The molecule has 0 aliphatic heterocycles. The van der Waals surface area contributed by atoms with Gasteiger partial charge in [-0.3, -0.25) is 9.59 Å². The Morgan fingerprint density at radius 1 is 1.19 bits per heavy atom. The molecule has 0 spiro atoms. The highest BCUT2D eigenvalue weighted by Crippen LogP contribution is 2.25. The first-order chi connectivity index (χ1) is 10.0. The second kappa shape index (κ2) is 8.36. The van der Waals surface area contributed by atoms with Gasteiger partial charge < -0.3 is 19.1 Å². The standard InChI is InChI=1S/C14H18ClNO5/c1-19-11-5-4-10(12(6-11)20-2)8-16(13(17)7-15)9-14(18)21-3/h4-6H,7-9H2,1-3H3. The molecule has 0 radical (unpaired) electrons. The lowest BCUT2D eigenvalue weighted by Crippen LogP contribution is -2.36. The van der Waals surface area contributed by atoms with Gasteiger partial charge in [-0.1, -0.05) is 0 Å². The Balaban J connectivity index is 2.97. The lowest BCUT2D eigenvalue weighted by atomic mass is 10.1. The molecule has 0 atom stereocenters. The number of hydrogen-bond acceptors (Lipinski definition) is 5. The number of amides is 1. The van der Waals surface area contributed by atoms with Crippen LogP contribution in [0.2, 0.25) is 0 Å². The minimum Gasteiger partial charge on any atom is -0.497 e. The van der Waals surface area contributed by atoms with Gasteiger partial charge in [0.1, 0.15) is 23.9 Å². The smallest absolute Gasteiger partial charge is 0.325 e. The molecule has 0 aromatic heterocycles. The number of carbonyl (C=O) groups excluding carboxylic acids is 2. The number of benzene rings is 1. The zero-order valence-electron chi connectivity index (χ0n) is 12.2. The minimum absolute atomic E-state index is 0.169. The number of rotatable bonds is 7. The van der Waals surface area contributed by atoms with Gasteiger partial charge in [0.15, 0.2) is 0 Å². The Morgan fingerprint density at radius 2 is 1.90 bits per heavy atom. The van der Waals surface area contributed by atoms with Crippen molar-refractivity contribution in [2.75, 3.05) is 33.8 Å². The Labute approximate surface area is 128 Å². The second-order valence-electron chi connectivity index (χ2n) is 4.14. The Kier molecular flexibility index (Phi) is 6.81. The van der Waals surface area contributed by atoms with E-state index >= 15 is 0 Å². The predicted octanol–water partition coefficient (Wildman–Crippen LogP) is 1.44. The fraction of sp³-hybridized carbons (Fsp3) is 0.429. The molecule has 0 N–H and O–H groups in total. The molecule has 0 saturated carbocycles. The van der Waals surface area contributed by atoms with Crippen molar-refractivity contribution in [3.63, 3.8) is 0 Å². The maximum absolute atomic E-state index is 11.8. The van der Waals surface area contributed by atoms with E-state index in [9.17, 15) is 9.59 Å². The average molecular weight is 316 g/mol. The summed E-state index contributed by atoms with van der Waals surface area (Å²) in [6.07, 6.45) is 0. The van der Waals surface area contributed by atoms with Crippen molar-refractivity contribution in [1.29, 1.82) is 0 Å². The summed E-state index contributed by atoms with van der Waals surface area (Å²) in [7, 11) is 4.33. The van der Waals surface area contributed by atoms with Gasteiger partial charge in [0.2, 0.25) is 5.91 Å².